The summed E-state index contributed by atoms with van der Waals surface area (Å²) < 4.78 is 1.81. The molecule has 1 saturated heterocycles. The molecule has 0 saturated carbocycles. The maximum Gasteiger partial charge on any atom is 0.270 e. The van der Waals surface area contributed by atoms with E-state index < -0.39 is 0 Å². The highest BCUT2D eigenvalue weighted by molar-refractivity contribution is 7.15. The molecule has 4 heterocycles. The van der Waals surface area contributed by atoms with E-state index in [1.54, 1.807) is 12.1 Å². The Hall–Kier alpha value is -2.75. The van der Waals surface area contributed by atoms with E-state index in [9.17, 15) is 9.59 Å². The third-order valence-corrected chi connectivity index (χ3v) is 7.80. The fraction of sp³-hybridized carbons (Fsp3) is 0.304. The quantitative estimate of drug-likeness (QED) is 0.426. The minimum atomic E-state index is -0.173. The highest BCUT2D eigenvalue weighted by atomic mass is 35.5. The van der Waals surface area contributed by atoms with E-state index in [4.69, 9.17) is 11.6 Å². The number of carbonyl (C=O) groups excluding carboxylic acids is 2. The molecular weight excluding hydrogens is 478 g/mol. The first-order valence-electron chi connectivity index (χ1n) is 10.7. The van der Waals surface area contributed by atoms with Crippen molar-refractivity contribution in [2.24, 2.45) is 0 Å². The number of aryl methyl sites for hydroxylation is 2. The van der Waals surface area contributed by atoms with Gasteiger partial charge in [0.25, 0.3) is 11.8 Å². The highest BCUT2D eigenvalue weighted by Gasteiger charge is 2.33. The first-order chi connectivity index (χ1) is 15.9. The maximum atomic E-state index is 13.5. The predicted octanol–water partition coefficient (Wildman–Crippen LogP) is 4.82. The van der Waals surface area contributed by atoms with Crippen LogP contribution in [0.15, 0.2) is 35.8 Å². The first kappa shape index (κ1) is 22.1. The molecule has 1 fully saturated rings. The molecule has 5 rings (SSSR count). The summed E-state index contributed by atoms with van der Waals surface area (Å²) >= 11 is 8.93. The predicted molar refractivity (Wildman–Crippen MR) is 131 cm³/mol. The number of aromatic nitrogens is 3. The van der Waals surface area contributed by atoms with Gasteiger partial charge >= 0.3 is 0 Å². The van der Waals surface area contributed by atoms with Crippen molar-refractivity contribution in [1.82, 2.24) is 24.6 Å². The molecule has 0 spiro atoms. The molecule has 1 N–H and O–H groups in total. The van der Waals surface area contributed by atoms with Gasteiger partial charge in [0, 0.05) is 41.3 Å². The van der Waals surface area contributed by atoms with E-state index in [2.05, 4.69) is 15.3 Å². The maximum absolute atomic E-state index is 13.5. The van der Waals surface area contributed by atoms with E-state index in [1.807, 2.05) is 46.9 Å². The number of nitrogens with zero attached hydrogens (tertiary/aromatic N) is 4. The molecule has 3 aromatic heterocycles. The minimum absolute atomic E-state index is 0.0388. The molecule has 170 valence electrons. The number of imidazole rings is 1. The second kappa shape index (κ2) is 8.89. The normalized spacial score (nSPS) is 16.0. The summed E-state index contributed by atoms with van der Waals surface area (Å²) in [7, 11) is 0. The van der Waals surface area contributed by atoms with Crippen LogP contribution >= 0.6 is 34.3 Å². The van der Waals surface area contributed by atoms with Crippen LogP contribution in [0.25, 0.3) is 16.2 Å². The van der Waals surface area contributed by atoms with E-state index in [0.29, 0.717) is 40.1 Å². The number of carbonyl (C=O) groups is 2. The lowest BCUT2D eigenvalue weighted by Crippen LogP contribution is -2.43. The van der Waals surface area contributed by atoms with E-state index in [-0.39, 0.29) is 17.9 Å². The van der Waals surface area contributed by atoms with Gasteiger partial charge in [-0.3, -0.25) is 14.0 Å². The Labute approximate surface area is 204 Å². The molecular formula is C23H22ClN5O2S2. The number of halogens is 1. The fourth-order valence-corrected chi connectivity index (χ4v) is 6.07. The Kier molecular flexibility index (Phi) is 5.94. The van der Waals surface area contributed by atoms with Crippen molar-refractivity contribution in [3.63, 3.8) is 0 Å². The van der Waals surface area contributed by atoms with Crippen molar-refractivity contribution >= 4 is 51.0 Å². The third kappa shape index (κ3) is 4.16. The lowest BCUT2D eigenvalue weighted by Gasteiger charge is -2.25. The summed E-state index contributed by atoms with van der Waals surface area (Å²) in [6.45, 7) is 4.80. The van der Waals surface area contributed by atoms with Crippen LogP contribution in [0.5, 0.6) is 0 Å². The zero-order valence-corrected chi connectivity index (χ0v) is 20.6. The summed E-state index contributed by atoms with van der Waals surface area (Å²) in [4.78, 5) is 38.8. The van der Waals surface area contributed by atoms with Gasteiger partial charge in [0.1, 0.15) is 10.6 Å². The van der Waals surface area contributed by atoms with Crippen LogP contribution in [-0.4, -0.2) is 50.2 Å². The lowest BCUT2D eigenvalue weighted by atomic mass is 10.1. The number of fused-ring (bicyclic) bond motifs is 1. The van der Waals surface area contributed by atoms with Crippen LogP contribution in [0, 0.1) is 13.8 Å². The molecule has 2 amide bonds. The summed E-state index contributed by atoms with van der Waals surface area (Å²) in [5.41, 5.74) is 2.80. The van der Waals surface area contributed by atoms with Crippen molar-refractivity contribution in [1.29, 1.82) is 0 Å². The number of hydrogen-bond donors (Lipinski definition) is 1. The second-order valence-corrected chi connectivity index (χ2v) is 10.5. The Bertz CT molecular complexity index is 1340. The minimum Gasteiger partial charge on any atom is -0.349 e. The SMILES string of the molecule is Cc1nc(-c2ccc(Cl)cc2)c(C(=O)N2CCC[C@H]2CNC(=O)c2c(C)nc3sccn23)s1. The standard InChI is InChI=1S/C23H22ClN5O2S2/c1-13-19(29-10-11-32-23(29)26-13)21(30)25-12-17-4-3-9-28(17)22(31)20-18(27-14(2)33-20)15-5-7-16(24)8-6-15/h5-8,10-11,17H,3-4,9,12H2,1-2H3,(H,25,30)/t17-/m0/s1. The lowest BCUT2D eigenvalue weighted by molar-refractivity contribution is 0.0729. The number of hydrogen-bond acceptors (Lipinski definition) is 6. The van der Waals surface area contributed by atoms with Gasteiger partial charge in [-0.05, 0) is 38.8 Å². The highest BCUT2D eigenvalue weighted by Crippen LogP contribution is 2.32. The van der Waals surface area contributed by atoms with Crippen LogP contribution in [0.4, 0.5) is 0 Å². The monoisotopic (exact) mass is 499 g/mol. The van der Waals surface area contributed by atoms with E-state index in [0.717, 1.165) is 28.4 Å². The third-order valence-electron chi connectivity index (χ3n) is 5.83. The van der Waals surface area contributed by atoms with E-state index >= 15 is 0 Å². The largest absolute Gasteiger partial charge is 0.349 e. The number of nitrogens with one attached hydrogen (secondary N) is 1. The average Bonchev–Trinajstić information content (AvgIpc) is 3.56. The van der Waals surface area contributed by atoms with Crippen molar-refractivity contribution in [3.8, 4) is 11.3 Å². The van der Waals surface area contributed by atoms with Crippen LogP contribution in [0.3, 0.4) is 0 Å². The van der Waals surface area contributed by atoms with Crippen molar-refractivity contribution in [2.75, 3.05) is 13.1 Å². The Balaban J connectivity index is 1.33. The summed E-state index contributed by atoms with van der Waals surface area (Å²) in [6.07, 6.45) is 3.60. The van der Waals surface area contributed by atoms with Crippen LogP contribution < -0.4 is 5.32 Å². The van der Waals surface area contributed by atoms with Crippen LogP contribution in [0.2, 0.25) is 5.02 Å². The van der Waals surface area contributed by atoms with Gasteiger partial charge in [0.15, 0.2) is 4.96 Å². The molecule has 10 heteroatoms. The molecule has 1 aliphatic rings. The fourth-order valence-electron chi connectivity index (χ4n) is 4.28. The number of rotatable bonds is 5. The topological polar surface area (TPSA) is 79.6 Å². The van der Waals surface area contributed by atoms with Crippen LogP contribution in [-0.2, 0) is 0 Å². The molecule has 1 aromatic carbocycles. The molecule has 0 unspecified atom stereocenters. The van der Waals surface area contributed by atoms with Gasteiger partial charge in [-0.15, -0.1) is 22.7 Å². The Morgan fingerprint density at radius 1 is 1.21 bits per heavy atom. The molecule has 4 aromatic rings. The van der Waals surface area contributed by atoms with Gasteiger partial charge in [-0.2, -0.15) is 0 Å². The number of thiazole rings is 2. The first-order valence-corrected chi connectivity index (χ1v) is 12.7. The van der Waals surface area contributed by atoms with Crippen LogP contribution in [0.1, 0.15) is 43.7 Å². The van der Waals surface area contributed by atoms with Gasteiger partial charge in [0.05, 0.1) is 16.4 Å². The van der Waals surface area contributed by atoms with Crippen molar-refractivity contribution in [2.45, 2.75) is 32.7 Å². The second-order valence-electron chi connectivity index (χ2n) is 8.02. The number of likely N-dealkylation sites (tertiary alicyclic amines) is 1. The zero-order chi connectivity index (χ0) is 23.1. The Morgan fingerprint density at radius 3 is 2.79 bits per heavy atom. The number of benzene rings is 1. The molecule has 33 heavy (non-hydrogen) atoms. The van der Waals surface area contributed by atoms with Gasteiger partial charge < -0.3 is 10.2 Å². The van der Waals surface area contributed by atoms with Gasteiger partial charge in [-0.1, -0.05) is 23.7 Å². The summed E-state index contributed by atoms with van der Waals surface area (Å²) in [5.74, 6) is -0.212. The number of amides is 2. The molecule has 1 aliphatic heterocycles. The zero-order valence-electron chi connectivity index (χ0n) is 18.2. The van der Waals surface area contributed by atoms with Crippen molar-refractivity contribution in [3.05, 3.63) is 62.1 Å². The molecule has 0 radical (unpaired) electrons. The molecule has 7 nitrogen and oxygen atoms in total. The van der Waals surface area contributed by atoms with E-state index in [1.165, 1.54) is 22.7 Å². The summed E-state index contributed by atoms with van der Waals surface area (Å²) in [6, 6.07) is 7.31. The van der Waals surface area contributed by atoms with Crippen molar-refractivity contribution < 1.29 is 9.59 Å². The molecule has 0 bridgehead atoms. The average molecular weight is 500 g/mol. The molecule has 1 atom stereocenters. The van der Waals surface area contributed by atoms with Gasteiger partial charge in [0.2, 0.25) is 0 Å². The Morgan fingerprint density at radius 2 is 2.00 bits per heavy atom. The smallest absolute Gasteiger partial charge is 0.270 e. The summed E-state index contributed by atoms with van der Waals surface area (Å²) in [5, 5.41) is 6.41. The molecule has 0 aliphatic carbocycles. The van der Waals surface area contributed by atoms with Gasteiger partial charge in [-0.25, -0.2) is 9.97 Å².